The Morgan fingerprint density at radius 1 is 1.15 bits per heavy atom. The second kappa shape index (κ2) is 9.21. The zero-order valence-electron chi connectivity index (χ0n) is 18.8. The van der Waals surface area contributed by atoms with Crippen LogP contribution >= 0.6 is 0 Å². The van der Waals surface area contributed by atoms with Gasteiger partial charge in [0.05, 0.1) is 35.6 Å². The van der Waals surface area contributed by atoms with Gasteiger partial charge in [-0.2, -0.15) is 4.98 Å². The maximum Gasteiger partial charge on any atom is 0.266 e. The third kappa shape index (κ3) is 4.70. The Hall–Kier alpha value is -3.21. The molecule has 34 heavy (non-hydrogen) atoms. The molecule has 180 valence electrons. The zero-order valence-corrected chi connectivity index (χ0v) is 19.6. The molecule has 2 aromatic heterocycles. The predicted molar refractivity (Wildman–Crippen MR) is 123 cm³/mol. The molecule has 1 N–H and O–H groups in total. The van der Waals surface area contributed by atoms with E-state index in [2.05, 4.69) is 20.3 Å². The number of aromatic nitrogens is 3. The summed E-state index contributed by atoms with van der Waals surface area (Å²) in [4.78, 5) is 13.3. The molecule has 0 spiro atoms. The van der Waals surface area contributed by atoms with Crippen LogP contribution < -0.4 is 10.1 Å². The molecule has 11 heteroatoms. The van der Waals surface area contributed by atoms with Gasteiger partial charge in [0.15, 0.2) is 15.5 Å². The number of nitrogens with zero attached hydrogens (tertiary/aromatic N) is 3. The van der Waals surface area contributed by atoms with Crippen LogP contribution in [0.5, 0.6) is 5.88 Å². The normalized spacial score (nSPS) is 16.4. The van der Waals surface area contributed by atoms with Crippen molar-refractivity contribution in [3.05, 3.63) is 58.7 Å². The molecule has 0 saturated carbocycles. The van der Waals surface area contributed by atoms with Crippen molar-refractivity contribution in [1.82, 2.24) is 15.0 Å². The maximum atomic E-state index is 14.7. The number of rotatable bonds is 6. The number of alkyl halides is 2. The summed E-state index contributed by atoms with van der Waals surface area (Å²) in [6.07, 6.45) is -0.982. The Kier molecular flexibility index (Phi) is 6.48. The van der Waals surface area contributed by atoms with Crippen LogP contribution in [0, 0.1) is 12.7 Å². The highest BCUT2D eigenvalue weighted by atomic mass is 32.2. The first-order chi connectivity index (χ1) is 16.1. The Labute approximate surface area is 195 Å². The molecule has 0 radical (unpaired) electrons. The fourth-order valence-corrected chi connectivity index (χ4v) is 5.07. The molecule has 4 rings (SSSR count). The van der Waals surface area contributed by atoms with E-state index >= 15 is 0 Å². The molecular formula is C23H23F3N4O3S. The lowest BCUT2D eigenvalue weighted by atomic mass is 10.0. The van der Waals surface area contributed by atoms with E-state index in [1.807, 2.05) is 0 Å². The lowest BCUT2D eigenvalue weighted by molar-refractivity contribution is 0.146. The van der Waals surface area contributed by atoms with Crippen molar-refractivity contribution in [2.24, 2.45) is 0 Å². The number of anilines is 1. The van der Waals surface area contributed by atoms with Crippen LogP contribution in [0.4, 0.5) is 19.0 Å². The number of allylic oxidation sites excluding steroid dienone is 1. The quantitative estimate of drug-likeness (QED) is 0.529. The molecule has 3 heterocycles. The number of halogens is 3. The zero-order chi connectivity index (χ0) is 24.6. The van der Waals surface area contributed by atoms with Gasteiger partial charge >= 0.3 is 0 Å². The second-order valence-corrected chi connectivity index (χ2v) is 10.3. The molecular weight excluding hydrogens is 469 g/mol. The van der Waals surface area contributed by atoms with E-state index in [0.717, 1.165) is 11.6 Å². The molecule has 0 amide bonds. The Bertz CT molecular complexity index is 1390. The molecule has 7 nitrogen and oxygen atoms in total. The van der Waals surface area contributed by atoms with Crippen LogP contribution in [0.25, 0.3) is 16.6 Å². The first-order valence-corrected chi connectivity index (χ1v) is 12.4. The fraction of sp³-hybridized carbons (Fsp3) is 0.348. The third-order valence-electron chi connectivity index (χ3n) is 5.68. The Morgan fingerprint density at radius 2 is 1.88 bits per heavy atom. The number of hydrogen-bond acceptors (Lipinski definition) is 7. The summed E-state index contributed by atoms with van der Waals surface area (Å²) in [6.45, 7) is 3.31. The van der Waals surface area contributed by atoms with E-state index in [0.29, 0.717) is 40.5 Å². The minimum Gasteiger partial charge on any atom is -0.481 e. The van der Waals surface area contributed by atoms with Crippen LogP contribution in [0.1, 0.15) is 48.3 Å². The molecule has 0 bridgehead atoms. The number of sulfone groups is 1. The summed E-state index contributed by atoms with van der Waals surface area (Å²) in [6, 6.07) is 4.94. The van der Waals surface area contributed by atoms with Gasteiger partial charge in [0.25, 0.3) is 6.43 Å². The van der Waals surface area contributed by atoms with Crippen molar-refractivity contribution in [2.75, 3.05) is 23.9 Å². The van der Waals surface area contributed by atoms with E-state index in [1.165, 1.54) is 19.2 Å². The first-order valence-electron chi connectivity index (χ1n) is 10.6. The molecule has 1 aliphatic rings. The van der Waals surface area contributed by atoms with Gasteiger partial charge in [0.1, 0.15) is 17.5 Å². The van der Waals surface area contributed by atoms with Crippen molar-refractivity contribution in [1.29, 1.82) is 0 Å². The van der Waals surface area contributed by atoms with Crippen molar-refractivity contribution < 1.29 is 26.3 Å². The lowest BCUT2D eigenvalue weighted by Crippen LogP contribution is -2.16. The minimum atomic E-state index is -3.12. The SMILES string of the molecule is COc1nc2nc(C)nc(N[C@H](C)c3cccc(C(F)F)c3F)c2cc1C1=CCS(=O)(=O)CC1. The standard InChI is InChI=1S/C23H23F3N4O3S/c1-12(15-5-4-6-16(19(15)24)20(25)26)27-21-18-11-17(14-7-9-34(31,32)10-8-14)23(33-3)30-22(18)29-13(2)28-21/h4-7,11-12,20H,8-10H2,1-3H3,(H,27,28,29,30)/t12-/m1/s1. The second-order valence-electron chi connectivity index (χ2n) is 8.05. The highest BCUT2D eigenvalue weighted by Crippen LogP contribution is 2.35. The average Bonchev–Trinajstić information content (AvgIpc) is 2.78. The highest BCUT2D eigenvalue weighted by molar-refractivity contribution is 7.91. The maximum absolute atomic E-state index is 14.7. The van der Waals surface area contributed by atoms with E-state index in [-0.39, 0.29) is 17.1 Å². The molecule has 1 aromatic carbocycles. The van der Waals surface area contributed by atoms with Gasteiger partial charge in [-0.15, -0.1) is 0 Å². The van der Waals surface area contributed by atoms with Gasteiger partial charge < -0.3 is 10.1 Å². The number of benzene rings is 1. The molecule has 1 atom stereocenters. The number of pyridine rings is 1. The molecule has 0 unspecified atom stereocenters. The highest BCUT2D eigenvalue weighted by Gasteiger charge is 2.24. The van der Waals surface area contributed by atoms with Crippen LogP contribution in [0.15, 0.2) is 30.3 Å². The van der Waals surface area contributed by atoms with E-state index in [9.17, 15) is 21.6 Å². The molecule has 3 aromatic rings. The number of methoxy groups -OCH3 is 1. The average molecular weight is 493 g/mol. The van der Waals surface area contributed by atoms with Gasteiger partial charge in [-0.1, -0.05) is 24.3 Å². The van der Waals surface area contributed by atoms with Gasteiger partial charge in [0.2, 0.25) is 5.88 Å². The van der Waals surface area contributed by atoms with Crippen LogP contribution in [0.3, 0.4) is 0 Å². The summed E-state index contributed by atoms with van der Waals surface area (Å²) >= 11 is 0. The number of ether oxygens (including phenoxy) is 1. The largest absolute Gasteiger partial charge is 0.481 e. The van der Waals surface area contributed by atoms with Crippen molar-refractivity contribution in [3.63, 3.8) is 0 Å². The lowest BCUT2D eigenvalue weighted by Gasteiger charge is -2.20. The predicted octanol–water partition coefficient (Wildman–Crippen LogP) is 4.79. The smallest absolute Gasteiger partial charge is 0.266 e. The number of aryl methyl sites for hydroxylation is 1. The monoisotopic (exact) mass is 492 g/mol. The van der Waals surface area contributed by atoms with E-state index < -0.39 is 33.7 Å². The number of nitrogens with one attached hydrogen (secondary N) is 1. The van der Waals surface area contributed by atoms with Crippen LogP contribution in [0.2, 0.25) is 0 Å². The van der Waals surface area contributed by atoms with Crippen LogP contribution in [-0.2, 0) is 9.84 Å². The summed E-state index contributed by atoms with van der Waals surface area (Å²) in [5.74, 6) is 0.0151. The summed E-state index contributed by atoms with van der Waals surface area (Å²) in [5, 5.41) is 3.60. The Morgan fingerprint density at radius 3 is 2.53 bits per heavy atom. The van der Waals surface area contributed by atoms with Crippen LogP contribution in [-0.4, -0.2) is 42.0 Å². The van der Waals surface area contributed by atoms with Crippen molar-refractivity contribution >= 4 is 32.3 Å². The van der Waals surface area contributed by atoms with Gasteiger partial charge in [0, 0.05) is 11.1 Å². The summed E-state index contributed by atoms with van der Waals surface area (Å²) < 4.78 is 70.1. The molecule has 0 aliphatic carbocycles. The summed E-state index contributed by atoms with van der Waals surface area (Å²) in [7, 11) is -1.66. The molecule has 1 aliphatic heterocycles. The Balaban J connectivity index is 1.79. The van der Waals surface area contributed by atoms with E-state index in [4.69, 9.17) is 4.74 Å². The molecule has 0 saturated heterocycles. The number of fused-ring (bicyclic) bond motifs is 1. The summed E-state index contributed by atoms with van der Waals surface area (Å²) in [5.41, 5.74) is 1.12. The minimum absolute atomic E-state index is 0.0202. The van der Waals surface area contributed by atoms with Gasteiger partial charge in [-0.25, -0.2) is 31.6 Å². The van der Waals surface area contributed by atoms with E-state index in [1.54, 1.807) is 26.0 Å². The van der Waals surface area contributed by atoms with Crippen molar-refractivity contribution in [3.8, 4) is 5.88 Å². The van der Waals surface area contributed by atoms with Gasteiger partial charge in [-0.05, 0) is 31.9 Å². The third-order valence-corrected chi connectivity index (χ3v) is 7.18. The fourth-order valence-electron chi connectivity index (χ4n) is 3.92. The van der Waals surface area contributed by atoms with Crippen molar-refractivity contribution in [2.45, 2.75) is 32.7 Å². The topological polar surface area (TPSA) is 94.1 Å². The number of hydrogen-bond donors (Lipinski definition) is 1. The first kappa shape index (κ1) is 23.9. The molecule has 0 fully saturated rings. The van der Waals surface area contributed by atoms with Gasteiger partial charge in [-0.3, -0.25) is 0 Å².